The maximum atomic E-state index is 14.1. The van der Waals surface area contributed by atoms with Gasteiger partial charge in [0, 0.05) is 5.85 Å². The molecule has 0 heterocycles. The van der Waals surface area contributed by atoms with E-state index >= 15 is 0 Å². The van der Waals surface area contributed by atoms with E-state index in [2.05, 4.69) is 36.4 Å². The molecule has 0 aliphatic carbocycles. The van der Waals surface area contributed by atoms with Crippen molar-refractivity contribution in [3.8, 4) is 0 Å². The van der Waals surface area contributed by atoms with Gasteiger partial charge in [0.25, 0.3) is 0 Å². The Kier molecular flexibility index (Phi) is 6.00. The van der Waals surface area contributed by atoms with Crippen molar-refractivity contribution >= 4 is 29.3 Å². The molecule has 0 radical (unpaired) electrons. The second-order valence-electron chi connectivity index (χ2n) is 6.89. The molecule has 0 aliphatic rings. The van der Waals surface area contributed by atoms with Crippen LogP contribution in [-0.4, -0.2) is 5.85 Å². The van der Waals surface area contributed by atoms with Crippen LogP contribution in [-0.2, 0) is 0 Å². The van der Waals surface area contributed by atoms with Gasteiger partial charge in [-0.1, -0.05) is 97.1 Å². The molecule has 4 aromatic carbocycles. The fourth-order valence-electron chi connectivity index (χ4n) is 3.76. The average Bonchev–Trinajstić information content (AvgIpc) is 2.81. The van der Waals surface area contributed by atoms with Crippen LogP contribution in [0.15, 0.2) is 127 Å². The summed E-state index contributed by atoms with van der Waals surface area (Å²) in [5.74, 6) is -0.894. The van der Waals surface area contributed by atoms with Crippen molar-refractivity contribution in [1.82, 2.24) is 0 Å². The van der Waals surface area contributed by atoms with Gasteiger partial charge in [0.2, 0.25) is 0 Å². The van der Waals surface area contributed by atoms with Crippen LogP contribution in [0.4, 0.5) is 0 Å². The molecule has 0 saturated heterocycles. The van der Waals surface area contributed by atoms with Crippen LogP contribution in [0.2, 0.25) is 0 Å². The van der Waals surface area contributed by atoms with Crippen LogP contribution < -0.4 is 21.0 Å². The fourth-order valence-corrected chi connectivity index (χ4v) is 7.81. The van der Waals surface area contributed by atoms with Crippen molar-refractivity contribution in [3.63, 3.8) is 0 Å². The highest BCUT2D eigenvalue weighted by molar-refractivity contribution is 7.96. The maximum absolute atomic E-state index is 14.1. The Labute approximate surface area is 173 Å². The third-order valence-corrected chi connectivity index (χ3v) is 9.40. The minimum atomic E-state index is -2.42. The summed E-state index contributed by atoms with van der Waals surface area (Å²) < 4.78 is 0. The van der Waals surface area contributed by atoms with Gasteiger partial charge in [0.15, 0.2) is 0 Å². The highest BCUT2D eigenvalue weighted by Crippen LogP contribution is 2.58. The fraction of sp³-hybridized carbons (Fsp3) is 0.0370. The first-order valence-corrected chi connectivity index (χ1v) is 11.6. The predicted molar refractivity (Wildman–Crippen MR) is 124 cm³/mol. The van der Waals surface area contributed by atoms with Gasteiger partial charge < -0.3 is 5.11 Å². The Balaban J connectivity index is 1.94. The molecule has 0 bridgehead atoms. The average molecular weight is 394 g/mol. The summed E-state index contributed by atoms with van der Waals surface area (Å²) in [5, 5.41) is 17.4. The monoisotopic (exact) mass is 394 g/mol. The normalized spacial score (nSPS) is 12.7. The van der Waals surface area contributed by atoms with E-state index in [1.165, 1.54) is 0 Å². The van der Waals surface area contributed by atoms with E-state index in [9.17, 15) is 5.11 Å². The van der Waals surface area contributed by atoms with Gasteiger partial charge in [-0.05, 0) is 42.0 Å². The zero-order valence-electron chi connectivity index (χ0n) is 16.1. The lowest BCUT2D eigenvalue weighted by atomic mass is 10.2. The molecule has 29 heavy (non-hydrogen) atoms. The first kappa shape index (κ1) is 19.3. The summed E-state index contributed by atoms with van der Waals surface area (Å²) in [6, 6.07) is 40.9. The quantitative estimate of drug-likeness (QED) is 0.445. The minimum absolute atomic E-state index is 0.894. The number of hydrogen-bond donors (Lipinski definition) is 0. The molecule has 0 N–H and O–H groups in total. The third kappa shape index (κ3) is 3.93. The SMILES string of the molecule is [O-]C(C=Cc1ccccc1)[P+](c1ccccc1)(c1ccccc1)c1ccccc1. The van der Waals surface area contributed by atoms with Crippen LogP contribution in [0, 0.1) is 0 Å². The van der Waals surface area contributed by atoms with Gasteiger partial charge in [-0.25, -0.2) is 0 Å². The van der Waals surface area contributed by atoms with E-state index in [0.717, 1.165) is 21.5 Å². The molecule has 4 aromatic rings. The summed E-state index contributed by atoms with van der Waals surface area (Å²) in [7, 11) is -2.42. The molecule has 0 amide bonds. The van der Waals surface area contributed by atoms with Crippen LogP contribution in [0.25, 0.3) is 6.08 Å². The lowest BCUT2D eigenvalue weighted by Gasteiger charge is -2.37. The van der Waals surface area contributed by atoms with Crippen LogP contribution in [0.1, 0.15) is 5.56 Å². The van der Waals surface area contributed by atoms with Gasteiger partial charge in [-0.3, -0.25) is 0 Å². The van der Waals surface area contributed by atoms with Gasteiger partial charge in [0.1, 0.15) is 23.2 Å². The zero-order chi connectivity index (χ0) is 19.9. The number of benzene rings is 4. The molecule has 1 nitrogen and oxygen atoms in total. The molecule has 142 valence electrons. The molecule has 0 spiro atoms. The first-order chi connectivity index (χ1) is 14.3. The molecular weight excluding hydrogens is 371 g/mol. The molecule has 4 rings (SSSR count). The molecule has 0 aliphatic heterocycles. The van der Waals surface area contributed by atoms with E-state index in [-0.39, 0.29) is 0 Å². The van der Waals surface area contributed by atoms with Gasteiger partial charge >= 0.3 is 0 Å². The van der Waals surface area contributed by atoms with Crippen molar-refractivity contribution in [1.29, 1.82) is 0 Å². The maximum Gasteiger partial charge on any atom is 0.104 e. The van der Waals surface area contributed by atoms with E-state index in [4.69, 9.17) is 0 Å². The summed E-state index contributed by atoms with van der Waals surface area (Å²) in [6.07, 6.45) is 3.80. The number of rotatable bonds is 6. The van der Waals surface area contributed by atoms with E-state index in [1.54, 1.807) is 0 Å². The molecule has 0 saturated carbocycles. The van der Waals surface area contributed by atoms with Gasteiger partial charge in [0.05, 0.1) is 0 Å². The molecule has 0 fully saturated rings. The smallest absolute Gasteiger partial charge is 0.104 e. The summed E-state index contributed by atoms with van der Waals surface area (Å²) in [5.41, 5.74) is 1.04. The van der Waals surface area contributed by atoms with Crippen LogP contribution in [0.3, 0.4) is 0 Å². The Hall–Kier alpha value is -2.99. The lowest BCUT2D eigenvalue weighted by molar-refractivity contribution is -0.372. The third-order valence-electron chi connectivity index (χ3n) is 5.12. The Bertz CT molecular complexity index is 948. The van der Waals surface area contributed by atoms with Crippen molar-refractivity contribution in [2.24, 2.45) is 0 Å². The van der Waals surface area contributed by atoms with Crippen molar-refractivity contribution in [2.75, 3.05) is 0 Å². The standard InChI is InChI=1S/C27H23OP/c28-27(22-21-23-13-5-1-6-14-23)29(24-15-7-2-8-16-24,25-17-9-3-10-18-25)26-19-11-4-12-20-26/h1-22,27H. The van der Waals surface area contributed by atoms with Crippen molar-refractivity contribution in [3.05, 3.63) is 133 Å². The summed E-state index contributed by atoms with van der Waals surface area (Å²) >= 11 is 0. The summed E-state index contributed by atoms with van der Waals surface area (Å²) in [6.45, 7) is 0. The van der Waals surface area contributed by atoms with E-state index in [0.29, 0.717) is 0 Å². The van der Waals surface area contributed by atoms with Gasteiger partial charge in [-0.2, -0.15) is 0 Å². The second kappa shape index (κ2) is 9.01. The summed E-state index contributed by atoms with van der Waals surface area (Å²) in [4.78, 5) is 0. The van der Waals surface area contributed by atoms with Crippen molar-refractivity contribution in [2.45, 2.75) is 5.85 Å². The van der Waals surface area contributed by atoms with Gasteiger partial charge in [-0.15, -0.1) is 0 Å². The second-order valence-corrected chi connectivity index (χ2v) is 10.4. The van der Waals surface area contributed by atoms with E-state index in [1.807, 2.05) is 97.1 Å². The largest absolute Gasteiger partial charge is 0.817 e. The van der Waals surface area contributed by atoms with Crippen LogP contribution in [0.5, 0.6) is 0 Å². The first-order valence-electron chi connectivity index (χ1n) is 9.76. The lowest BCUT2D eigenvalue weighted by Crippen LogP contribution is -2.43. The topological polar surface area (TPSA) is 23.1 Å². The molecule has 0 aromatic heterocycles. The molecule has 2 heteroatoms. The van der Waals surface area contributed by atoms with E-state index < -0.39 is 13.1 Å². The minimum Gasteiger partial charge on any atom is -0.817 e. The highest BCUT2D eigenvalue weighted by Gasteiger charge is 2.46. The Morgan fingerprint density at radius 1 is 0.517 bits per heavy atom. The number of hydrogen-bond acceptors (Lipinski definition) is 1. The highest BCUT2D eigenvalue weighted by atomic mass is 31.2. The molecular formula is C27H23OP. The van der Waals surface area contributed by atoms with Crippen molar-refractivity contribution < 1.29 is 5.11 Å². The Morgan fingerprint density at radius 3 is 1.24 bits per heavy atom. The Morgan fingerprint density at radius 2 is 0.862 bits per heavy atom. The predicted octanol–water partition coefficient (Wildman–Crippen LogP) is 4.38. The zero-order valence-corrected chi connectivity index (χ0v) is 17.0. The van der Waals surface area contributed by atoms with Crippen LogP contribution >= 0.6 is 7.26 Å². The molecule has 1 atom stereocenters. The molecule has 1 unspecified atom stereocenters.